The molecule has 0 bridgehead atoms. The zero-order valence-corrected chi connectivity index (χ0v) is 10.2. The standard InChI is InChI=1S/C12H10ClN3O2/c13-11-9-5-4-8(16(17)18)6-10(9)14-12(15-11)7-2-1-3-7/h4-7H,1-3H2. The Kier molecular flexibility index (Phi) is 2.63. The van der Waals surface area contributed by atoms with E-state index in [9.17, 15) is 10.1 Å². The average Bonchev–Trinajstić information content (AvgIpc) is 2.25. The summed E-state index contributed by atoms with van der Waals surface area (Å²) in [6.07, 6.45) is 3.31. The second-order valence-electron chi connectivity index (χ2n) is 4.46. The SMILES string of the molecule is O=[N+]([O-])c1ccc2c(Cl)nc(C3CCC3)nc2c1. The van der Waals surface area contributed by atoms with Gasteiger partial charge in [-0.05, 0) is 18.9 Å². The highest BCUT2D eigenvalue weighted by Gasteiger charge is 2.23. The second kappa shape index (κ2) is 4.17. The van der Waals surface area contributed by atoms with Crippen LogP contribution in [0.2, 0.25) is 5.15 Å². The first-order chi connectivity index (χ1) is 8.65. The van der Waals surface area contributed by atoms with E-state index in [4.69, 9.17) is 11.6 Å². The monoisotopic (exact) mass is 263 g/mol. The van der Waals surface area contributed by atoms with Gasteiger partial charge in [-0.3, -0.25) is 10.1 Å². The van der Waals surface area contributed by atoms with Crippen molar-refractivity contribution in [3.8, 4) is 0 Å². The molecule has 0 amide bonds. The summed E-state index contributed by atoms with van der Waals surface area (Å²) in [4.78, 5) is 19.0. The number of nitrogens with zero attached hydrogens (tertiary/aromatic N) is 3. The van der Waals surface area contributed by atoms with Crippen molar-refractivity contribution in [1.82, 2.24) is 9.97 Å². The fourth-order valence-electron chi connectivity index (χ4n) is 2.06. The summed E-state index contributed by atoms with van der Waals surface area (Å²) in [5, 5.41) is 11.8. The third-order valence-electron chi connectivity index (χ3n) is 3.33. The first kappa shape index (κ1) is 11.3. The minimum absolute atomic E-state index is 0.0248. The molecule has 1 aliphatic rings. The molecule has 6 heteroatoms. The largest absolute Gasteiger partial charge is 0.271 e. The molecule has 1 heterocycles. The molecule has 0 unspecified atom stereocenters. The summed E-state index contributed by atoms with van der Waals surface area (Å²) in [7, 11) is 0. The van der Waals surface area contributed by atoms with Crippen molar-refractivity contribution in [3.63, 3.8) is 0 Å². The third-order valence-corrected chi connectivity index (χ3v) is 3.62. The Balaban J connectivity index is 2.16. The highest BCUT2D eigenvalue weighted by molar-refractivity contribution is 6.34. The van der Waals surface area contributed by atoms with Crippen LogP contribution < -0.4 is 0 Å². The van der Waals surface area contributed by atoms with Gasteiger partial charge in [-0.1, -0.05) is 18.0 Å². The summed E-state index contributed by atoms with van der Waals surface area (Å²) in [5.41, 5.74) is 0.572. The third kappa shape index (κ3) is 1.80. The molecule has 2 aromatic rings. The van der Waals surface area contributed by atoms with Gasteiger partial charge in [0.1, 0.15) is 11.0 Å². The first-order valence-electron chi connectivity index (χ1n) is 5.77. The first-order valence-corrected chi connectivity index (χ1v) is 6.14. The van der Waals surface area contributed by atoms with E-state index in [1.807, 2.05) is 0 Å². The summed E-state index contributed by atoms with van der Waals surface area (Å²) in [6.45, 7) is 0. The lowest BCUT2D eigenvalue weighted by molar-refractivity contribution is -0.384. The van der Waals surface area contributed by atoms with E-state index < -0.39 is 4.92 Å². The number of hydrogen-bond acceptors (Lipinski definition) is 4. The Morgan fingerprint density at radius 3 is 2.72 bits per heavy atom. The number of nitro benzene ring substituents is 1. The van der Waals surface area contributed by atoms with Crippen molar-refractivity contribution < 1.29 is 4.92 Å². The number of nitro groups is 1. The predicted molar refractivity (Wildman–Crippen MR) is 67.8 cm³/mol. The molecule has 0 atom stereocenters. The fraction of sp³-hybridized carbons (Fsp3) is 0.333. The molecule has 0 N–H and O–H groups in total. The molecule has 0 radical (unpaired) electrons. The van der Waals surface area contributed by atoms with Gasteiger partial charge >= 0.3 is 0 Å². The molecule has 1 fully saturated rings. The number of fused-ring (bicyclic) bond motifs is 1. The molecule has 1 aliphatic carbocycles. The van der Waals surface area contributed by atoms with Gasteiger partial charge in [0.15, 0.2) is 0 Å². The smallest absolute Gasteiger partial charge is 0.258 e. The molecule has 3 rings (SSSR count). The molecule has 18 heavy (non-hydrogen) atoms. The van der Waals surface area contributed by atoms with E-state index >= 15 is 0 Å². The molecule has 92 valence electrons. The molecular weight excluding hydrogens is 254 g/mol. The van der Waals surface area contributed by atoms with Gasteiger partial charge in [0.05, 0.1) is 10.4 Å². The van der Waals surface area contributed by atoms with Crippen LogP contribution in [0.25, 0.3) is 10.9 Å². The maximum absolute atomic E-state index is 10.7. The lowest BCUT2D eigenvalue weighted by Gasteiger charge is -2.23. The van der Waals surface area contributed by atoms with Crippen LogP contribution in [0.5, 0.6) is 0 Å². The topological polar surface area (TPSA) is 68.9 Å². The van der Waals surface area contributed by atoms with Crippen LogP contribution in [0, 0.1) is 10.1 Å². The van der Waals surface area contributed by atoms with Crippen LogP contribution in [0.4, 0.5) is 5.69 Å². The van der Waals surface area contributed by atoms with E-state index in [0.29, 0.717) is 27.8 Å². The Morgan fingerprint density at radius 2 is 2.11 bits per heavy atom. The van der Waals surface area contributed by atoms with Gasteiger partial charge in [0.25, 0.3) is 5.69 Å². The van der Waals surface area contributed by atoms with Crippen molar-refractivity contribution >= 4 is 28.2 Å². The second-order valence-corrected chi connectivity index (χ2v) is 4.82. The molecule has 5 nitrogen and oxygen atoms in total. The van der Waals surface area contributed by atoms with Gasteiger partial charge < -0.3 is 0 Å². The van der Waals surface area contributed by atoms with Crippen molar-refractivity contribution in [1.29, 1.82) is 0 Å². The van der Waals surface area contributed by atoms with E-state index in [1.54, 1.807) is 6.07 Å². The number of rotatable bonds is 2. The van der Waals surface area contributed by atoms with Gasteiger partial charge in [-0.2, -0.15) is 0 Å². The van der Waals surface area contributed by atoms with Crippen LogP contribution in [-0.2, 0) is 0 Å². The summed E-state index contributed by atoms with van der Waals surface area (Å²) in [5.74, 6) is 1.06. The highest BCUT2D eigenvalue weighted by atomic mass is 35.5. The number of hydrogen-bond donors (Lipinski definition) is 0. The molecule has 1 saturated carbocycles. The van der Waals surface area contributed by atoms with E-state index in [-0.39, 0.29) is 5.69 Å². The van der Waals surface area contributed by atoms with Crippen molar-refractivity contribution in [2.75, 3.05) is 0 Å². The molecule has 0 saturated heterocycles. The van der Waals surface area contributed by atoms with E-state index in [2.05, 4.69) is 9.97 Å². The molecular formula is C12H10ClN3O2. The number of aromatic nitrogens is 2. The van der Waals surface area contributed by atoms with Gasteiger partial charge in [0.2, 0.25) is 0 Å². The Morgan fingerprint density at radius 1 is 1.33 bits per heavy atom. The maximum Gasteiger partial charge on any atom is 0.271 e. The zero-order chi connectivity index (χ0) is 12.7. The van der Waals surface area contributed by atoms with Crippen molar-refractivity contribution in [2.24, 2.45) is 0 Å². The summed E-state index contributed by atoms with van der Waals surface area (Å²) >= 11 is 6.10. The molecule has 0 spiro atoms. The van der Waals surface area contributed by atoms with E-state index in [0.717, 1.165) is 12.8 Å². The van der Waals surface area contributed by atoms with Crippen LogP contribution in [0.15, 0.2) is 18.2 Å². The van der Waals surface area contributed by atoms with Crippen LogP contribution >= 0.6 is 11.6 Å². The lowest BCUT2D eigenvalue weighted by atomic mass is 9.85. The van der Waals surface area contributed by atoms with Gasteiger partial charge in [0, 0.05) is 23.4 Å². The van der Waals surface area contributed by atoms with E-state index in [1.165, 1.54) is 18.6 Å². The average molecular weight is 264 g/mol. The number of halogens is 1. The molecule has 1 aromatic heterocycles. The highest BCUT2D eigenvalue weighted by Crippen LogP contribution is 2.36. The summed E-state index contributed by atoms with van der Waals surface area (Å²) < 4.78 is 0. The zero-order valence-electron chi connectivity index (χ0n) is 9.47. The quantitative estimate of drug-likeness (QED) is 0.473. The predicted octanol–water partition coefficient (Wildman–Crippen LogP) is 3.46. The minimum Gasteiger partial charge on any atom is -0.258 e. The van der Waals surface area contributed by atoms with Crippen molar-refractivity contribution in [2.45, 2.75) is 25.2 Å². The Bertz CT molecular complexity index is 641. The molecule has 0 aliphatic heterocycles. The lowest BCUT2D eigenvalue weighted by Crippen LogP contribution is -2.12. The summed E-state index contributed by atoms with van der Waals surface area (Å²) in [6, 6.07) is 4.46. The minimum atomic E-state index is -0.432. The van der Waals surface area contributed by atoms with Crippen LogP contribution in [0.1, 0.15) is 31.0 Å². The van der Waals surface area contributed by atoms with Crippen molar-refractivity contribution in [3.05, 3.63) is 39.3 Å². The Hall–Kier alpha value is -1.75. The number of non-ortho nitro benzene ring substituents is 1. The van der Waals surface area contributed by atoms with Gasteiger partial charge in [-0.15, -0.1) is 0 Å². The molecule has 1 aromatic carbocycles. The fourth-order valence-corrected chi connectivity index (χ4v) is 2.31. The van der Waals surface area contributed by atoms with Crippen LogP contribution in [0.3, 0.4) is 0 Å². The van der Waals surface area contributed by atoms with Gasteiger partial charge in [-0.25, -0.2) is 9.97 Å². The maximum atomic E-state index is 10.7. The van der Waals surface area contributed by atoms with Crippen LogP contribution in [-0.4, -0.2) is 14.9 Å². The number of benzene rings is 1. The normalized spacial score (nSPS) is 15.6. The Labute approximate surface area is 108 Å².